The molecule has 28 heavy (non-hydrogen) atoms. The Balaban J connectivity index is 1.72. The lowest BCUT2D eigenvalue weighted by atomic mass is 10.1. The number of carbonyl (C=O) groups excluding carboxylic acids is 2. The second kappa shape index (κ2) is 9.46. The molecule has 0 aliphatic rings. The Morgan fingerprint density at radius 2 is 1.61 bits per heavy atom. The van der Waals surface area contributed by atoms with Gasteiger partial charge in [0.05, 0.1) is 11.3 Å². The Hall–Kier alpha value is -3.47. The molecule has 0 fully saturated rings. The quantitative estimate of drug-likeness (QED) is 0.617. The van der Waals surface area contributed by atoms with Crippen molar-refractivity contribution in [1.82, 2.24) is 4.98 Å². The Bertz CT molecular complexity index is 938. The zero-order valence-corrected chi connectivity index (χ0v) is 15.8. The third kappa shape index (κ3) is 5.04. The molecule has 0 unspecified atom stereocenters. The van der Waals surface area contributed by atoms with Gasteiger partial charge in [-0.1, -0.05) is 43.7 Å². The number of rotatable bonds is 7. The second-order valence-electron chi connectivity index (χ2n) is 6.47. The van der Waals surface area contributed by atoms with Gasteiger partial charge < -0.3 is 10.6 Å². The number of pyridine rings is 1. The molecule has 0 spiro atoms. The minimum Gasteiger partial charge on any atom is -0.321 e. The molecule has 2 aromatic carbocycles. The second-order valence-corrected chi connectivity index (χ2v) is 6.47. The summed E-state index contributed by atoms with van der Waals surface area (Å²) in [5, 5.41) is 5.57. The molecule has 0 bridgehead atoms. The molecular formula is C23H23N3O2. The summed E-state index contributed by atoms with van der Waals surface area (Å²) in [6.45, 7) is 2.16. The first-order chi connectivity index (χ1) is 13.7. The highest BCUT2D eigenvalue weighted by Crippen LogP contribution is 2.18. The van der Waals surface area contributed by atoms with Crippen LogP contribution in [0.2, 0.25) is 0 Å². The van der Waals surface area contributed by atoms with E-state index in [4.69, 9.17) is 0 Å². The van der Waals surface area contributed by atoms with Crippen LogP contribution < -0.4 is 10.6 Å². The number of hydrogen-bond acceptors (Lipinski definition) is 3. The van der Waals surface area contributed by atoms with Crippen LogP contribution in [-0.2, 0) is 6.42 Å². The van der Waals surface area contributed by atoms with Gasteiger partial charge in [-0.2, -0.15) is 0 Å². The number of aryl methyl sites for hydroxylation is 1. The summed E-state index contributed by atoms with van der Waals surface area (Å²) in [6.07, 6.45) is 4.88. The van der Waals surface area contributed by atoms with E-state index in [0.29, 0.717) is 22.6 Å². The molecule has 2 N–H and O–H groups in total. The fourth-order valence-corrected chi connectivity index (χ4v) is 2.81. The zero-order valence-electron chi connectivity index (χ0n) is 15.8. The number of amides is 2. The summed E-state index contributed by atoms with van der Waals surface area (Å²) < 4.78 is 0. The van der Waals surface area contributed by atoms with Crippen molar-refractivity contribution in [1.29, 1.82) is 0 Å². The summed E-state index contributed by atoms with van der Waals surface area (Å²) >= 11 is 0. The molecule has 0 saturated heterocycles. The first-order valence-electron chi connectivity index (χ1n) is 9.39. The topological polar surface area (TPSA) is 71.1 Å². The van der Waals surface area contributed by atoms with Crippen LogP contribution in [0.5, 0.6) is 0 Å². The number of benzene rings is 2. The van der Waals surface area contributed by atoms with Crippen molar-refractivity contribution >= 4 is 23.3 Å². The Morgan fingerprint density at radius 3 is 2.32 bits per heavy atom. The van der Waals surface area contributed by atoms with Crippen molar-refractivity contribution in [3.05, 3.63) is 89.6 Å². The number of carbonyl (C=O) groups is 2. The van der Waals surface area contributed by atoms with E-state index < -0.39 is 0 Å². The van der Waals surface area contributed by atoms with Crippen LogP contribution in [0.1, 0.15) is 46.0 Å². The highest BCUT2D eigenvalue weighted by molar-refractivity contribution is 6.12. The first-order valence-corrected chi connectivity index (χ1v) is 9.39. The number of hydrogen-bond donors (Lipinski definition) is 2. The van der Waals surface area contributed by atoms with Crippen molar-refractivity contribution in [2.75, 3.05) is 10.6 Å². The van der Waals surface area contributed by atoms with Crippen LogP contribution in [0.3, 0.4) is 0 Å². The molecule has 0 radical (unpaired) electrons. The molecule has 3 rings (SSSR count). The van der Waals surface area contributed by atoms with Crippen LogP contribution >= 0.6 is 0 Å². The Kier molecular flexibility index (Phi) is 6.52. The van der Waals surface area contributed by atoms with E-state index in [1.54, 1.807) is 48.7 Å². The van der Waals surface area contributed by atoms with Crippen LogP contribution in [0, 0.1) is 0 Å². The van der Waals surface area contributed by atoms with E-state index in [2.05, 4.69) is 22.5 Å². The molecule has 2 amide bonds. The molecule has 5 nitrogen and oxygen atoms in total. The predicted molar refractivity (Wildman–Crippen MR) is 112 cm³/mol. The minimum absolute atomic E-state index is 0.250. The van der Waals surface area contributed by atoms with Crippen LogP contribution in [-0.4, -0.2) is 16.8 Å². The lowest BCUT2D eigenvalue weighted by Gasteiger charge is -2.11. The van der Waals surface area contributed by atoms with Crippen LogP contribution in [0.4, 0.5) is 11.5 Å². The first kappa shape index (κ1) is 19.3. The van der Waals surface area contributed by atoms with Gasteiger partial charge >= 0.3 is 0 Å². The number of aromatic nitrogens is 1. The number of nitrogens with zero attached hydrogens (tertiary/aromatic N) is 1. The maximum absolute atomic E-state index is 12.6. The maximum atomic E-state index is 12.6. The smallest absolute Gasteiger partial charge is 0.258 e. The summed E-state index contributed by atoms with van der Waals surface area (Å²) in [4.78, 5) is 29.3. The highest BCUT2D eigenvalue weighted by atomic mass is 16.2. The summed E-state index contributed by atoms with van der Waals surface area (Å²) in [5.74, 6) is -0.124. The maximum Gasteiger partial charge on any atom is 0.258 e. The minimum atomic E-state index is -0.329. The largest absolute Gasteiger partial charge is 0.321 e. The van der Waals surface area contributed by atoms with Crippen LogP contribution in [0.25, 0.3) is 0 Å². The number of nitrogens with one attached hydrogen (secondary N) is 2. The average Bonchev–Trinajstić information content (AvgIpc) is 2.73. The van der Waals surface area contributed by atoms with Gasteiger partial charge in [-0.15, -0.1) is 0 Å². The van der Waals surface area contributed by atoms with Gasteiger partial charge in [0.25, 0.3) is 11.8 Å². The summed E-state index contributed by atoms with van der Waals surface area (Å²) in [6, 6.07) is 19.8. The number of unbranched alkanes of at least 4 members (excludes halogenated alkanes) is 1. The van der Waals surface area contributed by atoms with E-state index >= 15 is 0 Å². The van der Waals surface area contributed by atoms with Gasteiger partial charge in [0.2, 0.25) is 0 Å². The molecule has 0 saturated carbocycles. The van der Waals surface area contributed by atoms with Crippen molar-refractivity contribution in [3.8, 4) is 0 Å². The third-order valence-electron chi connectivity index (χ3n) is 4.36. The monoisotopic (exact) mass is 373 g/mol. The standard InChI is InChI=1S/C23H23N3O2/c1-2-3-8-17-12-14-18(15-13-17)22(27)25-20-10-5-4-9-19(20)23(28)26-21-11-6-7-16-24-21/h4-7,9-16H,2-3,8H2,1H3,(H,25,27)(H,24,26,28). The van der Waals surface area contributed by atoms with E-state index in [9.17, 15) is 9.59 Å². The molecule has 0 aliphatic heterocycles. The third-order valence-corrected chi connectivity index (χ3v) is 4.36. The fourth-order valence-electron chi connectivity index (χ4n) is 2.81. The van der Waals surface area contributed by atoms with Crippen molar-refractivity contribution < 1.29 is 9.59 Å². The van der Waals surface area contributed by atoms with Gasteiger partial charge in [0.15, 0.2) is 0 Å². The zero-order chi connectivity index (χ0) is 19.8. The van der Waals surface area contributed by atoms with Crippen molar-refractivity contribution in [2.24, 2.45) is 0 Å². The molecule has 5 heteroatoms. The van der Waals surface area contributed by atoms with Gasteiger partial charge in [-0.05, 0) is 54.8 Å². The molecule has 1 heterocycles. The summed E-state index contributed by atoms with van der Waals surface area (Å²) in [7, 11) is 0. The van der Waals surface area contributed by atoms with Crippen molar-refractivity contribution in [2.45, 2.75) is 26.2 Å². The van der Waals surface area contributed by atoms with Gasteiger partial charge in [-0.25, -0.2) is 4.98 Å². The molecular weight excluding hydrogens is 350 g/mol. The lowest BCUT2D eigenvalue weighted by molar-refractivity contribution is 0.102. The molecule has 1 aromatic heterocycles. The lowest BCUT2D eigenvalue weighted by Crippen LogP contribution is -2.18. The molecule has 0 aliphatic carbocycles. The van der Waals surface area contributed by atoms with Gasteiger partial charge in [0, 0.05) is 11.8 Å². The van der Waals surface area contributed by atoms with E-state index in [-0.39, 0.29) is 11.8 Å². The Morgan fingerprint density at radius 1 is 0.857 bits per heavy atom. The fraction of sp³-hybridized carbons (Fsp3) is 0.174. The SMILES string of the molecule is CCCCc1ccc(C(=O)Nc2ccccc2C(=O)Nc2ccccn2)cc1. The summed E-state index contributed by atoms with van der Waals surface area (Å²) in [5.41, 5.74) is 2.60. The average molecular weight is 373 g/mol. The highest BCUT2D eigenvalue weighted by Gasteiger charge is 2.14. The van der Waals surface area contributed by atoms with E-state index in [1.807, 2.05) is 24.3 Å². The molecule has 3 aromatic rings. The predicted octanol–water partition coefficient (Wildman–Crippen LogP) is 4.93. The van der Waals surface area contributed by atoms with Crippen molar-refractivity contribution in [3.63, 3.8) is 0 Å². The van der Waals surface area contributed by atoms with Crippen LogP contribution in [0.15, 0.2) is 72.9 Å². The number of para-hydroxylation sites is 1. The normalized spacial score (nSPS) is 10.3. The van der Waals surface area contributed by atoms with Gasteiger partial charge in [-0.3, -0.25) is 9.59 Å². The Labute approximate surface area is 164 Å². The van der Waals surface area contributed by atoms with E-state index in [0.717, 1.165) is 19.3 Å². The molecule has 0 atom stereocenters. The van der Waals surface area contributed by atoms with E-state index in [1.165, 1.54) is 5.56 Å². The number of anilines is 2. The molecule has 142 valence electrons. The van der Waals surface area contributed by atoms with Gasteiger partial charge in [0.1, 0.15) is 5.82 Å².